The molecule has 0 radical (unpaired) electrons. The Morgan fingerprint density at radius 3 is 2.50 bits per heavy atom. The van der Waals surface area contributed by atoms with Gasteiger partial charge in [0.1, 0.15) is 6.10 Å². The summed E-state index contributed by atoms with van der Waals surface area (Å²) in [7, 11) is 5.33. The molecular weight excluding hydrogens is 282 g/mol. The molecule has 5 heteroatoms. The highest BCUT2D eigenvalue weighted by Gasteiger charge is 2.37. The minimum absolute atomic E-state index is 0.00459. The van der Waals surface area contributed by atoms with Crippen LogP contribution in [0.3, 0.4) is 0 Å². The Morgan fingerprint density at radius 1 is 1.23 bits per heavy atom. The van der Waals surface area contributed by atoms with Crippen molar-refractivity contribution in [1.29, 1.82) is 0 Å². The zero-order valence-electron chi connectivity index (χ0n) is 13.4. The predicted octanol–water partition coefficient (Wildman–Crippen LogP) is 2.10. The zero-order chi connectivity index (χ0) is 15.9. The Labute approximate surface area is 130 Å². The summed E-state index contributed by atoms with van der Waals surface area (Å²) in [5, 5.41) is 0. The van der Waals surface area contributed by atoms with Crippen molar-refractivity contribution in [3.63, 3.8) is 0 Å². The van der Waals surface area contributed by atoms with Crippen LogP contribution in [-0.2, 0) is 16.0 Å². The molecule has 5 nitrogen and oxygen atoms in total. The monoisotopic (exact) mass is 303 g/mol. The average molecular weight is 303 g/mol. The number of esters is 1. The molecule has 0 N–H and O–H groups in total. The highest BCUT2D eigenvalue weighted by Crippen LogP contribution is 2.41. The quantitative estimate of drug-likeness (QED) is 0.800. The van der Waals surface area contributed by atoms with Crippen molar-refractivity contribution >= 4 is 5.97 Å². The molecule has 2 aliphatic rings. The fraction of sp³-hybridized carbons (Fsp3) is 0.471. The van der Waals surface area contributed by atoms with E-state index in [-0.39, 0.29) is 18.1 Å². The molecule has 1 aromatic rings. The molecule has 118 valence electrons. The number of ether oxygens (including phenoxy) is 3. The molecule has 0 aromatic heterocycles. The van der Waals surface area contributed by atoms with Crippen molar-refractivity contribution in [1.82, 2.24) is 4.90 Å². The maximum atomic E-state index is 11.7. The smallest absolute Gasteiger partial charge is 0.334 e. The number of carbonyl (C=O) groups is 1. The van der Waals surface area contributed by atoms with E-state index in [0.717, 1.165) is 24.3 Å². The van der Waals surface area contributed by atoms with Crippen LogP contribution in [0.4, 0.5) is 0 Å². The van der Waals surface area contributed by atoms with Crippen LogP contribution in [0.1, 0.15) is 24.1 Å². The lowest BCUT2D eigenvalue weighted by Crippen LogP contribution is -2.39. The van der Waals surface area contributed by atoms with Gasteiger partial charge in [-0.25, -0.2) is 4.79 Å². The molecule has 2 heterocycles. The Hall–Kier alpha value is -2.01. The molecule has 0 fully saturated rings. The van der Waals surface area contributed by atoms with E-state index in [1.165, 1.54) is 5.56 Å². The molecule has 3 rings (SSSR count). The van der Waals surface area contributed by atoms with Crippen LogP contribution >= 0.6 is 0 Å². The van der Waals surface area contributed by atoms with Gasteiger partial charge in [0.15, 0.2) is 11.5 Å². The maximum absolute atomic E-state index is 11.7. The highest BCUT2D eigenvalue weighted by atomic mass is 16.5. The van der Waals surface area contributed by atoms with Crippen LogP contribution in [0.25, 0.3) is 0 Å². The van der Waals surface area contributed by atoms with Crippen LogP contribution < -0.4 is 9.47 Å². The number of fused-ring (bicyclic) bond motifs is 1. The van der Waals surface area contributed by atoms with Crippen LogP contribution in [0.2, 0.25) is 0 Å². The molecule has 0 spiro atoms. The Balaban J connectivity index is 2.05. The van der Waals surface area contributed by atoms with Gasteiger partial charge in [0.25, 0.3) is 0 Å². The maximum Gasteiger partial charge on any atom is 0.334 e. The normalized spacial score (nSPS) is 24.5. The second kappa shape index (κ2) is 5.65. The summed E-state index contributed by atoms with van der Waals surface area (Å²) in [6.07, 6.45) is 2.59. The summed E-state index contributed by atoms with van der Waals surface area (Å²) < 4.78 is 16.3. The summed E-state index contributed by atoms with van der Waals surface area (Å²) in [5.41, 5.74) is 3.02. The largest absolute Gasteiger partial charge is 0.493 e. The molecule has 22 heavy (non-hydrogen) atoms. The van der Waals surface area contributed by atoms with E-state index in [1.54, 1.807) is 21.1 Å². The number of hydrogen-bond acceptors (Lipinski definition) is 5. The van der Waals surface area contributed by atoms with Crippen molar-refractivity contribution < 1.29 is 19.0 Å². The number of likely N-dealkylation sites (N-methyl/N-ethyl adjacent to an activating group) is 1. The van der Waals surface area contributed by atoms with Crippen molar-refractivity contribution in [2.45, 2.75) is 25.5 Å². The van der Waals surface area contributed by atoms with Gasteiger partial charge in [-0.1, -0.05) is 0 Å². The average Bonchev–Trinajstić information content (AvgIpc) is 2.84. The predicted molar refractivity (Wildman–Crippen MR) is 82.3 cm³/mol. The van der Waals surface area contributed by atoms with E-state index < -0.39 is 0 Å². The van der Waals surface area contributed by atoms with Crippen LogP contribution in [0.5, 0.6) is 11.5 Å². The van der Waals surface area contributed by atoms with E-state index in [2.05, 4.69) is 11.9 Å². The molecule has 0 saturated heterocycles. The van der Waals surface area contributed by atoms with Gasteiger partial charge in [0.05, 0.1) is 20.3 Å². The minimum atomic E-state index is -0.255. The number of benzene rings is 1. The first kappa shape index (κ1) is 14.9. The van der Waals surface area contributed by atoms with E-state index in [9.17, 15) is 4.79 Å². The van der Waals surface area contributed by atoms with Gasteiger partial charge in [0, 0.05) is 12.1 Å². The van der Waals surface area contributed by atoms with E-state index in [1.807, 2.05) is 18.2 Å². The number of methoxy groups -OCH3 is 2. The zero-order valence-corrected chi connectivity index (χ0v) is 13.4. The fourth-order valence-corrected chi connectivity index (χ4v) is 3.25. The van der Waals surface area contributed by atoms with Crippen molar-refractivity contribution in [3.8, 4) is 11.5 Å². The number of cyclic esters (lactones) is 1. The first-order chi connectivity index (χ1) is 10.5. The third kappa shape index (κ3) is 2.35. The van der Waals surface area contributed by atoms with Crippen molar-refractivity contribution in [2.75, 3.05) is 27.8 Å². The lowest BCUT2D eigenvalue weighted by Gasteiger charge is -2.37. The van der Waals surface area contributed by atoms with Gasteiger partial charge in [-0.2, -0.15) is 0 Å². The Morgan fingerprint density at radius 2 is 1.91 bits per heavy atom. The van der Waals surface area contributed by atoms with Gasteiger partial charge >= 0.3 is 5.97 Å². The van der Waals surface area contributed by atoms with Crippen molar-refractivity contribution in [3.05, 3.63) is 34.9 Å². The van der Waals surface area contributed by atoms with Crippen LogP contribution in [0.15, 0.2) is 23.8 Å². The molecule has 1 aromatic carbocycles. The van der Waals surface area contributed by atoms with Gasteiger partial charge < -0.3 is 14.2 Å². The van der Waals surface area contributed by atoms with E-state index in [4.69, 9.17) is 14.2 Å². The van der Waals surface area contributed by atoms with Gasteiger partial charge in [-0.05, 0) is 49.7 Å². The molecule has 0 bridgehead atoms. The van der Waals surface area contributed by atoms with Gasteiger partial charge in [-0.15, -0.1) is 0 Å². The van der Waals surface area contributed by atoms with Crippen molar-refractivity contribution in [2.24, 2.45) is 0 Å². The van der Waals surface area contributed by atoms with Gasteiger partial charge in [0.2, 0.25) is 0 Å². The number of rotatable bonds is 3. The van der Waals surface area contributed by atoms with E-state index >= 15 is 0 Å². The standard InChI is InChI=1S/C17H21NO4/c1-10-7-15(22-17(10)19)16-12-9-14(21-4)13(20-3)8-11(12)5-6-18(16)2/h7-9,15-16H,5-6H2,1-4H3/t15-,16+/m1/s1. The number of hydrogen-bond donors (Lipinski definition) is 0. The molecule has 2 atom stereocenters. The third-order valence-electron chi connectivity index (χ3n) is 4.46. The summed E-state index contributed by atoms with van der Waals surface area (Å²) in [5.74, 6) is 1.21. The number of carbonyl (C=O) groups excluding carboxylic acids is 1. The SMILES string of the molecule is COc1cc2c(cc1OC)[C@@H]([C@H]1C=C(C)C(=O)O1)N(C)CC2. The Kier molecular flexibility index (Phi) is 3.83. The molecule has 2 aliphatic heterocycles. The molecule has 0 aliphatic carbocycles. The number of nitrogens with zero attached hydrogens (tertiary/aromatic N) is 1. The molecular formula is C17H21NO4. The third-order valence-corrected chi connectivity index (χ3v) is 4.46. The van der Waals surface area contributed by atoms with E-state index in [0.29, 0.717) is 11.3 Å². The molecule has 0 saturated carbocycles. The molecule has 0 unspecified atom stereocenters. The minimum Gasteiger partial charge on any atom is -0.493 e. The lowest BCUT2D eigenvalue weighted by molar-refractivity contribution is -0.142. The topological polar surface area (TPSA) is 48.0 Å². The fourth-order valence-electron chi connectivity index (χ4n) is 3.25. The summed E-state index contributed by atoms with van der Waals surface area (Å²) >= 11 is 0. The second-order valence-electron chi connectivity index (χ2n) is 5.80. The first-order valence-electron chi connectivity index (χ1n) is 7.39. The summed E-state index contributed by atoms with van der Waals surface area (Å²) in [4.78, 5) is 13.9. The van der Waals surface area contributed by atoms with Crippen LogP contribution in [-0.4, -0.2) is 44.8 Å². The van der Waals surface area contributed by atoms with Gasteiger partial charge in [-0.3, -0.25) is 4.90 Å². The second-order valence-corrected chi connectivity index (χ2v) is 5.80. The molecule has 0 amide bonds. The summed E-state index contributed by atoms with van der Waals surface area (Å²) in [6, 6.07) is 4.04. The highest BCUT2D eigenvalue weighted by molar-refractivity contribution is 5.90. The van der Waals surface area contributed by atoms with Crippen LogP contribution in [0, 0.1) is 0 Å². The summed E-state index contributed by atoms with van der Waals surface area (Å²) in [6.45, 7) is 2.70. The first-order valence-corrected chi connectivity index (χ1v) is 7.39. The lowest BCUT2D eigenvalue weighted by atomic mass is 9.89. The Bertz CT molecular complexity index is 638.